The number of nitrogens with one attached hydrogen (secondary N) is 1. The van der Waals surface area contributed by atoms with Gasteiger partial charge in [-0.1, -0.05) is 13.8 Å². The molecule has 2 atom stereocenters. The van der Waals surface area contributed by atoms with E-state index in [0.717, 1.165) is 12.1 Å². The summed E-state index contributed by atoms with van der Waals surface area (Å²) in [6.45, 7) is 4.63. The van der Waals surface area contributed by atoms with Gasteiger partial charge in [-0.2, -0.15) is 9.40 Å². The third kappa shape index (κ3) is 5.92. The van der Waals surface area contributed by atoms with Crippen LogP contribution in [0.15, 0.2) is 66.1 Å². The average molecular weight is 498 g/mol. The van der Waals surface area contributed by atoms with E-state index in [-0.39, 0.29) is 10.5 Å². The fourth-order valence-electron chi connectivity index (χ4n) is 4.16. The van der Waals surface area contributed by atoms with Crippen LogP contribution in [0.2, 0.25) is 0 Å². The number of carbonyl (C=O) groups is 2. The summed E-state index contributed by atoms with van der Waals surface area (Å²) in [5, 5.41) is 6.62. The number of esters is 1. The van der Waals surface area contributed by atoms with Crippen molar-refractivity contribution in [2.24, 2.45) is 11.8 Å². The van der Waals surface area contributed by atoms with Crippen molar-refractivity contribution in [1.29, 1.82) is 0 Å². The third-order valence-corrected chi connectivity index (χ3v) is 7.58. The molecule has 1 aliphatic heterocycles. The number of piperidine rings is 1. The Hall–Kier alpha value is -3.57. The lowest BCUT2D eigenvalue weighted by atomic mass is 9.94. The first-order valence-electron chi connectivity index (χ1n) is 11.2. The second kappa shape index (κ2) is 10.4. The molecule has 1 saturated heterocycles. The first kappa shape index (κ1) is 24.6. The number of anilines is 1. The zero-order chi connectivity index (χ0) is 25.0. The molecule has 1 aromatic heterocycles. The maximum absolute atomic E-state index is 13.0. The maximum atomic E-state index is 13.0. The Morgan fingerprint density at radius 3 is 2.29 bits per heavy atom. The Kier molecular flexibility index (Phi) is 7.27. The van der Waals surface area contributed by atoms with Crippen molar-refractivity contribution in [2.75, 3.05) is 25.0 Å². The summed E-state index contributed by atoms with van der Waals surface area (Å²) in [5.74, 6) is -0.563. The fraction of sp³-hybridized carbons (Fsp3) is 0.333. The molecule has 2 aromatic carbocycles. The number of nitrogens with zero attached hydrogens (tertiary/aromatic N) is 4. The second-order valence-corrected chi connectivity index (χ2v) is 10.7. The SMILES string of the molecule is CC1CC(C)CN(S(=O)(=O)c2ccc(NC(=O)COC(=O)c3ccc(-n4cncn4)cc3)cc2)C1. The number of rotatable bonds is 7. The molecule has 2 unspecified atom stereocenters. The highest BCUT2D eigenvalue weighted by Gasteiger charge is 2.31. The topological polar surface area (TPSA) is 123 Å². The fourth-order valence-corrected chi connectivity index (χ4v) is 5.84. The summed E-state index contributed by atoms with van der Waals surface area (Å²) in [6.07, 6.45) is 3.95. The molecular weight excluding hydrogens is 470 g/mol. The van der Waals surface area contributed by atoms with Crippen molar-refractivity contribution < 1.29 is 22.7 Å². The normalized spacial score (nSPS) is 18.7. The molecular formula is C24H27N5O5S. The molecule has 0 bridgehead atoms. The zero-order valence-corrected chi connectivity index (χ0v) is 20.3. The molecule has 1 aliphatic rings. The molecule has 10 nitrogen and oxygen atoms in total. The molecule has 3 aromatic rings. The molecule has 1 fully saturated rings. The molecule has 0 radical (unpaired) electrons. The van der Waals surface area contributed by atoms with E-state index in [2.05, 4.69) is 29.2 Å². The Morgan fingerprint density at radius 1 is 1.03 bits per heavy atom. The average Bonchev–Trinajstić information content (AvgIpc) is 3.37. The molecule has 1 N–H and O–H groups in total. The molecule has 4 rings (SSSR count). The predicted octanol–water partition coefficient (Wildman–Crippen LogP) is 2.73. The number of amides is 1. The number of ether oxygens (including phenoxy) is 1. The Morgan fingerprint density at radius 2 is 1.69 bits per heavy atom. The van der Waals surface area contributed by atoms with Gasteiger partial charge in [-0.3, -0.25) is 4.79 Å². The minimum absolute atomic E-state index is 0.178. The standard InChI is InChI=1S/C24H27N5O5S/c1-17-11-18(2)13-28(12-17)35(32,33)22-9-5-20(6-10-22)27-23(30)14-34-24(31)19-3-7-21(8-4-19)29-16-25-15-26-29/h3-10,15-18H,11-14H2,1-2H3,(H,27,30). The number of benzene rings is 2. The van der Waals surface area contributed by atoms with Gasteiger partial charge in [-0.25, -0.2) is 22.9 Å². The molecule has 0 saturated carbocycles. The van der Waals surface area contributed by atoms with Gasteiger partial charge >= 0.3 is 5.97 Å². The van der Waals surface area contributed by atoms with Crippen LogP contribution in [0.5, 0.6) is 0 Å². The highest BCUT2D eigenvalue weighted by atomic mass is 32.2. The molecule has 2 heterocycles. The molecule has 1 amide bonds. The van der Waals surface area contributed by atoms with Gasteiger partial charge in [0.1, 0.15) is 12.7 Å². The first-order valence-corrected chi connectivity index (χ1v) is 12.7. The number of carbonyl (C=O) groups excluding carboxylic acids is 2. The number of aromatic nitrogens is 3. The molecule has 11 heteroatoms. The van der Waals surface area contributed by atoms with E-state index in [1.807, 2.05) is 0 Å². The van der Waals surface area contributed by atoms with Crippen molar-refractivity contribution in [2.45, 2.75) is 25.2 Å². The largest absolute Gasteiger partial charge is 0.452 e. The Balaban J connectivity index is 1.30. The lowest BCUT2D eigenvalue weighted by Crippen LogP contribution is -2.42. The Bertz CT molecular complexity index is 1260. The van der Waals surface area contributed by atoms with E-state index in [4.69, 9.17) is 4.74 Å². The zero-order valence-electron chi connectivity index (χ0n) is 19.5. The third-order valence-electron chi connectivity index (χ3n) is 5.73. The van der Waals surface area contributed by atoms with Gasteiger partial charge in [0, 0.05) is 18.8 Å². The number of sulfonamides is 1. The summed E-state index contributed by atoms with van der Waals surface area (Å²) in [6, 6.07) is 12.5. The van der Waals surface area contributed by atoms with Crippen molar-refractivity contribution in [3.8, 4) is 5.69 Å². The summed E-state index contributed by atoms with van der Waals surface area (Å²) < 4.78 is 34.1. The second-order valence-electron chi connectivity index (χ2n) is 8.80. The lowest BCUT2D eigenvalue weighted by molar-refractivity contribution is -0.119. The highest BCUT2D eigenvalue weighted by Crippen LogP contribution is 2.27. The summed E-state index contributed by atoms with van der Waals surface area (Å²) in [5.41, 5.74) is 1.42. The highest BCUT2D eigenvalue weighted by molar-refractivity contribution is 7.89. The Labute approximate surface area is 204 Å². The van der Waals surface area contributed by atoms with Crippen LogP contribution in [0.25, 0.3) is 5.69 Å². The van der Waals surface area contributed by atoms with E-state index in [1.54, 1.807) is 28.9 Å². The van der Waals surface area contributed by atoms with Crippen molar-refractivity contribution in [3.63, 3.8) is 0 Å². The molecule has 0 aliphatic carbocycles. The van der Waals surface area contributed by atoms with Crippen molar-refractivity contribution >= 4 is 27.6 Å². The summed E-state index contributed by atoms with van der Waals surface area (Å²) >= 11 is 0. The van der Waals surface area contributed by atoms with Crippen LogP contribution >= 0.6 is 0 Å². The summed E-state index contributed by atoms with van der Waals surface area (Å²) in [4.78, 5) is 28.5. The number of hydrogen-bond acceptors (Lipinski definition) is 7. The maximum Gasteiger partial charge on any atom is 0.338 e. The van der Waals surface area contributed by atoms with Crippen LogP contribution in [0.1, 0.15) is 30.6 Å². The van der Waals surface area contributed by atoms with Crippen LogP contribution in [-0.2, 0) is 19.6 Å². The van der Waals surface area contributed by atoms with Gasteiger partial charge < -0.3 is 10.1 Å². The van der Waals surface area contributed by atoms with Crippen molar-refractivity contribution in [3.05, 3.63) is 66.7 Å². The first-order chi connectivity index (χ1) is 16.7. The smallest absolute Gasteiger partial charge is 0.338 e. The lowest BCUT2D eigenvalue weighted by Gasteiger charge is -2.34. The van der Waals surface area contributed by atoms with Gasteiger partial charge in [0.15, 0.2) is 6.61 Å². The van der Waals surface area contributed by atoms with Crippen LogP contribution < -0.4 is 5.32 Å². The van der Waals surface area contributed by atoms with Crippen LogP contribution in [0.3, 0.4) is 0 Å². The monoisotopic (exact) mass is 497 g/mol. The van der Waals surface area contributed by atoms with Gasteiger partial charge in [0.25, 0.3) is 5.91 Å². The van der Waals surface area contributed by atoms with E-state index < -0.39 is 28.5 Å². The van der Waals surface area contributed by atoms with Gasteiger partial charge in [0.05, 0.1) is 16.1 Å². The minimum atomic E-state index is -3.60. The van der Waals surface area contributed by atoms with E-state index in [1.165, 1.54) is 41.2 Å². The van der Waals surface area contributed by atoms with E-state index in [0.29, 0.717) is 30.6 Å². The molecule has 0 spiro atoms. The predicted molar refractivity (Wildman–Crippen MR) is 128 cm³/mol. The van der Waals surface area contributed by atoms with E-state index in [9.17, 15) is 18.0 Å². The van der Waals surface area contributed by atoms with Crippen LogP contribution in [-0.4, -0.2) is 59.1 Å². The van der Waals surface area contributed by atoms with Crippen LogP contribution in [0.4, 0.5) is 5.69 Å². The van der Waals surface area contributed by atoms with Crippen molar-refractivity contribution in [1.82, 2.24) is 19.1 Å². The van der Waals surface area contributed by atoms with Crippen LogP contribution in [0, 0.1) is 11.8 Å². The molecule has 35 heavy (non-hydrogen) atoms. The van der Waals surface area contributed by atoms with E-state index >= 15 is 0 Å². The van der Waals surface area contributed by atoms with Gasteiger partial charge in [-0.15, -0.1) is 0 Å². The van der Waals surface area contributed by atoms with Gasteiger partial charge in [-0.05, 0) is 66.8 Å². The number of hydrogen-bond donors (Lipinski definition) is 1. The quantitative estimate of drug-likeness (QED) is 0.498. The molecule has 184 valence electrons. The minimum Gasteiger partial charge on any atom is -0.452 e. The summed E-state index contributed by atoms with van der Waals surface area (Å²) in [7, 11) is -3.60. The van der Waals surface area contributed by atoms with Gasteiger partial charge in [0.2, 0.25) is 10.0 Å².